The first-order valence-electron chi connectivity index (χ1n) is 8.80. The molecule has 0 fully saturated rings. The van der Waals surface area contributed by atoms with Crippen molar-refractivity contribution in [1.82, 2.24) is 4.98 Å². The third-order valence-corrected chi connectivity index (χ3v) is 4.72. The SMILES string of the molecule is COc1ccccc1-c1nc2ccc(-c3cc(C)c(OC)c(C)c3)cc2o1. The topological polar surface area (TPSA) is 44.5 Å². The lowest BCUT2D eigenvalue weighted by Crippen LogP contribution is -1.92. The summed E-state index contributed by atoms with van der Waals surface area (Å²) in [6.07, 6.45) is 0. The Bertz CT molecular complexity index is 1100. The van der Waals surface area contributed by atoms with Gasteiger partial charge in [0.15, 0.2) is 5.58 Å². The summed E-state index contributed by atoms with van der Waals surface area (Å²) in [5, 5.41) is 0. The predicted molar refractivity (Wildman–Crippen MR) is 107 cm³/mol. The molecule has 0 N–H and O–H groups in total. The third kappa shape index (κ3) is 3.04. The van der Waals surface area contributed by atoms with Gasteiger partial charge in [-0.05, 0) is 72.5 Å². The number of oxazole rings is 1. The number of ether oxygens (including phenoxy) is 2. The number of aromatic nitrogens is 1. The molecule has 4 nitrogen and oxygen atoms in total. The fourth-order valence-corrected chi connectivity index (χ4v) is 3.48. The first kappa shape index (κ1) is 17.2. The average Bonchev–Trinajstić information content (AvgIpc) is 3.10. The quantitative estimate of drug-likeness (QED) is 0.462. The first-order valence-corrected chi connectivity index (χ1v) is 8.80. The number of para-hydroxylation sites is 1. The number of nitrogens with zero attached hydrogens (tertiary/aromatic N) is 1. The normalized spacial score (nSPS) is 11.0. The molecule has 0 radical (unpaired) electrons. The Kier molecular flexibility index (Phi) is 4.32. The van der Waals surface area contributed by atoms with Crippen LogP contribution in [0.3, 0.4) is 0 Å². The zero-order valence-corrected chi connectivity index (χ0v) is 15.9. The van der Waals surface area contributed by atoms with Gasteiger partial charge in [0.1, 0.15) is 17.0 Å². The lowest BCUT2D eigenvalue weighted by Gasteiger charge is -2.11. The Morgan fingerprint density at radius 1 is 0.815 bits per heavy atom. The highest BCUT2D eigenvalue weighted by Crippen LogP contribution is 2.34. The second-order valence-corrected chi connectivity index (χ2v) is 6.55. The van der Waals surface area contributed by atoms with Crippen LogP contribution < -0.4 is 9.47 Å². The molecule has 27 heavy (non-hydrogen) atoms. The highest BCUT2D eigenvalue weighted by Gasteiger charge is 2.14. The second kappa shape index (κ2) is 6.80. The van der Waals surface area contributed by atoms with Gasteiger partial charge >= 0.3 is 0 Å². The van der Waals surface area contributed by atoms with Crippen molar-refractivity contribution in [3.8, 4) is 34.1 Å². The zero-order valence-electron chi connectivity index (χ0n) is 15.9. The van der Waals surface area contributed by atoms with Gasteiger partial charge in [0.2, 0.25) is 5.89 Å². The van der Waals surface area contributed by atoms with Crippen molar-refractivity contribution in [3.63, 3.8) is 0 Å². The molecule has 0 unspecified atom stereocenters. The van der Waals surface area contributed by atoms with Crippen LogP contribution in [-0.4, -0.2) is 19.2 Å². The summed E-state index contributed by atoms with van der Waals surface area (Å²) in [6.45, 7) is 4.12. The molecule has 0 atom stereocenters. The van der Waals surface area contributed by atoms with Gasteiger partial charge in [-0.2, -0.15) is 0 Å². The van der Waals surface area contributed by atoms with Crippen LogP contribution in [0.4, 0.5) is 0 Å². The van der Waals surface area contributed by atoms with E-state index < -0.39 is 0 Å². The molecule has 4 heteroatoms. The molecule has 4 aromatic rings. The van der Waals surface area contributed by atoms with E-state index in [1.165, 1.54) is 0 Å². The van der Waals surface area contributed by atoms with Crippen molar-refractivity contribution in [3.05, 3.63) is 65.7 Å². The lowest BCUT2D eigenvalue weighted by atomic mass is 9.99. The van der Waals surface area contributed by atoms with Crippen LogP contribution in [0.5, 0.6) is 11.5 Å². The van der Waals surface area contributed by atoms with Gasteiger partial charge in [-0.3, -0.25) is 0 Å². The van der Waals surface area contributed by atoms with Crippen LogP contribution in [0.25, 0.3) is 33.7 Å². The van der Waals surface area contributed by atoms with E-state index >= 15 is 0 Å². The highest BCUT2D eigenvalue weighted by molar-refractivity contribution is 5.83. The fraction of sp³-hybridized carbons (Fsp3) is 0.174. The first-order chi connectivity index (χ1) is 13.1. The number of aryl methyl sites for hydroxylation is 2. The third-order valence-electron chi connectivity index (χ3n) is 4.72. The molecule has 0 aliphatic carbocycles. The van der Waals surface area contributed by atoms with Crippen LogP contribution >= 0.6 is 0 Å². The lowest BCUT2D eigenvalue weighted by molar-refractivity contribution is 0.408. The summed E-state index contributed by atoms with van der Waals surface area (Å²) in [5.41, 5.74) is 6.84. The molecule has 4 rings (SSSR count). The van der Waals surface area contributed by atoms with Crippen LogP contribution in [0, 0.1) is 13.8 Å². The second-order valence-electron chi connectivity index (χ2n) is 6.55. The molecule has 0 spiro atoms. The summed E-state index contributed by atoms with van der Waals surface area (Å²) >= 11 is 0. The Morgan fingerprint density at radius 2 is 1.56 bits per heavy atom. The summed E-state index contributed by atoms with van der Waals surface area (Å²) < 4.78 is 16.9. The Balaban J connectivity index is 1.80. The number of rotatable bonds is 4. The van der Waals surface area contributed by atoms with E-state index in [2.05, 4.69) is 37.0 Å². The highest BCUT2D eigenvalue weighted by atomic mass is 16.5. The predicted octanol–water partition coefficient (Wildman–Crippen LogP) is 5.80. The number of benzene rings is 3. The zero-order chi connectivity index (χ0) is 19.0. The summed E-state index contributed by atoms with van der Waals surface area (Å²) in [4.78, 5) is 4.62. The minimum atomic E-state index is 0.557. The minimum absolute atomic E-state index is 0.557. The maximum atomic E-state index is 6.05. The summed E-state index contributed by atoms with van der Waals surface area (Å²) in [5.74, 6) is 2.23. The molecule has 136 valence electrons. The van der Waals surface area contributed by atoms with E-state index in [4.69, 9.17) is 13.9 Å². The van der Waals surface area contributed by atoms with E-state index in [9.17, 15) is 0 Å². The standard InChI is InChI=1S/C23H21NO3/c1-14-11-17(12-15(2)22(14)26-4)16-9-10-19-21(13-16)27-23(24-19)18-7-5-6-8-20(18)25-3/h5-13H,1-4H3. The fourth-order valence-electron chi connectivity index (χ4n) is 3.48. The van der Waals surface area contributed by atoms with Crippen molar-refractivity contribution in [2.45, 2.75) is 13.8 Å². The van der Waals surface area contributed by atoms with Gasteiger partial charge in [0, 0.05) is 0 Å². The van der Waals surface area contributed by atoms with E-state index in [1.54, 1.807) is 14.2 Å². The van der Waals surface area contributed by atoms with E-state index in [0.29, 0.717) is 5.89 Å². The Hall–Kier alpha value is -3.27. The van der Waals surface area contributed by atoms with Crippen molar-refractivity contribution < 1.29 is 13.9 Å². The number of hydrogen-bond donors (Lipinski definition) is 0. The van der Waals surface area contributed by atoms with Crippen LogP contribution in [-0.2, 0) is 0 Å². The van der Waals surface area contributed by atoms with Crippen LogP contribution in [0.1, 0.15) is 11.1 Å². The van der Waals surface area contributed by atoms with Crippen molar-refractivity contribution >= 4 is 11.1 Å². The Morgan fingerprint density at radius 3 is 2.26 bits per heavy atom. The molecular formula is C23H21NO3. The monoisotopic (exact) mass is 359 g/mol. The number of methoxy groups -OCH3 is 2. The maximum absolute atomic E-state index is 6.05. The number of fused-ring (bicyclic) bond motifs is 1. The molecule has 0 aliphatic heterocycles. The molecule has 1 aromatic heterocycles. The van der Waals surface area contributed by atoms with Gasteiger partial charge in [0.25, 0.3) is 0 Å². The van der Waals surface area contributed by atoms with Crippen molar-refractivity contribution in [2.24, 2.45) is 0 Å². The van der Waals surface area contributed by atoms with Crippen LogP contribution in [0.15, 0.2) is 59.0 Å². The van der Waals surface area contributed by atoms with E-state index in [1.807, 2.05) is 36.4 Å². The molecule has 1 heterocycles. The van der Waals surface area contributed by atoms with E-state index in [-0.39, 0.29) is 0 Å². The molecule has 0 saturated heterocycles. The van der Waals surface area contributed by atoms with Gasteiger partial charge in [-0.1, -0.05) is 18.2 Å². The molecular weight excluding hydrogens is 338 g/mol. The van der Waals surface area contributed by atoms with Gasteiger partial charge in [0.05, 0.1) is 19.8 Å². The van der Waals surface area contributed by atoms with Gasteiger partial charge < -0.3 is 13.9 Å². The molecule has 0 saturated carbocycles. The smallest absolute Gasteiger partial charge is 0.231 e. The maximum Gasteiger partial charge on any atom is 0.231 e. The van der Waals surface area contributed by atoms with Gasteiger partial charge in [-0.15, -0.1) is 0 Å². The summed E-state index contributed by atoms with van der Waals surface area (Å²) in [7, 11) is 3.35. The molecule has 3 aromatic carbocycles. The summed E-state index contributed by atoms with van der Waals surface area (Å²) in [6, 6.07) is 18.1. The largest absolute Gasteiger partial charge is 0.496 e. The molecule has 0 bridgehead atoms. The molecule has 0 amide bonds. The molecule has 0 aliphatic rings. The van der Waals surface area contributed by atoms with Gasteiger partial charge in [-0.25, -0.2) is 4.98 Å². The minimum Gasteiger partial charge on any atom is -0.496 e. The van der Waals surface area contributed by atoms with Crippen molar-refractivity contribution in [2.75, 3.05) is 14.2 Å². The average molecular weight is 359 g/mol. The Labute approximate surface area is 158 Å². The van der Waals surface area contributed by atoms with Crippen LogP contribution in [0.2, 0.25) is 0 Å². The van der Waals surface area contributed by atoms with E-state index in [0.717, 1.165) is 50.4 Å². The van der Waals surface area contributed by atoms with Crippen molar-refractivity contribution in [1.29, 1.82) is 0 Å². The number of hydrogen-bond acceptors (Lipinski definition) is 4.